The quantitative estimate of drug-likeness (QED) is 0.826. The molecule has 0 aliphatic carbocycles. The van der Waals surface area contributed by atoms with Crippen molar-refractivity contribution in [2.24, 2.45) is 0 Å². The van der Waals surface area contributed by atoms with Crippen LogP contribution >= 0.6 is 0 Å². The molecule has 16 heavy (non-hydrogen) atoms. The van der Waals surface area contributed by atoms with E-state index in [0.29, 0.717) is 0 Å². The minimum Gasteiger partial charge on any atom is -0.307 e. The zero-order valence-electron chi connectivity index (χ0n) is 9.37. The molecule has 0 aliphatic heterocycles. The van der Waals surface area contributed by atoms with Crippen molar-refractivity contribution in [3.63, 3.8) is 0 Å². The van der Waals surface area contributed by atoms with Gasteiger partial charge < -0.3 is 5.32 Å². The SMILES string of the molecule is C[C@H](NCCn1cccn1)c1ccccn1. The summed E-state index contributed by atoms with van der Waals surface area (Å²) in [6.07, 6.45) is 5.58. The van der Waals surface area contributed by atoms with Gasteiger partial charge in [0.15, 0.2) is 0 Å². The molecule has 2 aromatic heterocycles. The van der Waals surface area contributed by atoms with Crippen LogP contribution in [0.4, 0.5) is 0 Å². The molecule has 4 nitrogen and oxygen atoms in total. The number of nitrogens with zero attached hydrogens (tertiary/aromatic N) is 3. The Hall–Kier alpha value is -1.68. The molecule has 0 spiro atoms. The van der Waals surface area contributed by atoms with Gasteiger partial charge in [-0.2, -0.15) is 5.10 Å². The number of hydrogen-bond donors (Lipinski definition) is 1. The van der Waals surface area contributed by atoms with Crippen LogP contribution in [-0.4, -0.2) is 21.3 Å². The lowest BCUT2D eigenvalue weighted by molar-refractivity contribution is 0.501. The highest BCUT2D eigenvalue weighted by atomic mass is 15.3. The van der Waals surface area contributed by atoms with Gasteiger partial charge in [-0.05, 0) is 25.1 Å². The van der Waals surface area contributed by atoms with E-state index in [1.807, 2.05) is 41.3 Å². The zero-order valence-corrected chi connectivity index (χ0v) is 9.37. The standard InChI is InChI=1S/C12H16N4/c1-11(12-5-2-3-6-14-12)13-8-10-16-9-4-7-15-16/h2-7,9,11,13H,8,10H2,1H3/t11-/m0/s1. The van der Waals surface area contributed by atoms with E-state index in [4.69, 9.17) is 0 Å². The molecule has 0 unspecified atom stereocenters. The van der Waals surface area contributed by atoms with Crippen LogP contribution < -0.4 is 5.32 Å². The molecular weight excluding hydrogens is 200 g/mol. The van der Waals surface area contributed by atoms with Crippen molar-refractivity contribution in [1.82, 2.24) is 20.1 Å². The molecule has 2 heterocycles. The Balaban J connectivity index is 1.78. The molecular formula is C12H16N4. The summed E-state index contributed by atoms with van der Waals surface area (Å²) in [6.45, 7) is 3.88. The average molecular weight is 216 g/mol. The third-order valence-corrected chi connectivity index (χ3v) is 2.48. The van der Waals surface area contributed by atoms with Crippen LogP contribution in [0, 0.1) is 0 Å². The van der Waals surface area contributed by atoms with Crippen molar-refractivity contribution in [3.05, 3.63) is 48.5 Å². The van der Waals surface area contributed by atoms with Crippen LogP contribution in [0.1, 0.15) is 18.7 Å². The maximum Gasteiger partial charge on any atom is 0.0570 e. The highest BCUT2D eigenvalue weighted by molar-refractivity contribution is 5.07. The van der Waals surface area contributed by atoms with Crippen LogP contribution in [0.5, 0.6) is 0 Å². The Labute approximate surface area is 95.3 Å². The summed E-state index contributed by atoms with van der Waals surface area (Å²) < 4.78 is 1.91. The molecule has 4 heteroatoms. The largest absolute Gasteiger partial charge is 0.307 e. The van der Waals surface area contributed by atoms with Gasteiger partial charge in [-0.1, -0.05) is 6.07 Å². The molecule has 2 aromatic rings. The lowest BCUT2D eigenvalue weighted by atomic mass is 10.2. The van der Waals surface area contributed by atoms with Crippen molar-refractivity contribution in [2.45, 2.75) is 19.5 Å². The highest BCUT2D eigenvalue weighted by Gasteiger charge is 2.04. The van der Waals surface area contributed by atoms with Gasteiger partial charge in [-0.3, -0.25) is 9.67 Å². The van der Waals surface area contributed by atoms with Crippen LogP contribution in [0.15, 0.2) is 42.9 Å². The molecule has 1 N–H and O–H groups in total. The van der Waals surface area contributed by atoms with Crippen molar-refractivity contribution in [2.75, 3.05) is 6.54 Å². The van der Waals surface area contributed by atoms with Crippen LogP contribution in [-0.2, 0) is 6.54 Å². The van der Waals surface area contributed by atoms with E-state index in [0.717, 1.165) is 18.8 Å². The van der Waals surface area contributed by atoms with Gasteiger partial charge in [0.2, 0.25) is 0 Å². The van der Waals surface area contributed by atoms with E-state index >= 15 is 0 Å². The monoisotopic (exact) mass is 216 g/mol. The third-order valence-electron chi connectivity index (χ3n) is 2.48. The van der Waals surface area contributed by atoms with E-state index in [1.54, 1.807) is 6.20 Å². The van der Waals surface area contributed by atoms with Crippen molar-refractivity contribution in [3.8, 4) is 0 Å². The number of hydrogen-bond acceptors (Lipinski definition) is 3. The molecule has 0 amide bonds. The maximum atomic E-state index is 4.31. The zero-order chi connectivity index (χ0) is 11.2. The van der Waals surface area contributed by atoms with Crippen molar-refractivity contribution >= 4 is 0 Å². The van der Waals surface area contributed by atoms with Gasteiger partial charge in [0.05, 0.1) is 12.2 Å². The smallest absolute Gasteiger partial charge is 0.0570 e. The van der Waals surface area contributed by atoms with Gasteiger partial charge in [0.1, 0.15) is 0 Å². The minimum absolute atomic E-state index is 0.275. The van der Waals surface area contributed by atoms with Crippen LogP contribution in [0.25, 0.3) is 0 Å². The first-order chi connectivity index (χ1) is 7.86. The summed E-state index contributed by atoms with van der Waals surface area (Å²) in [5.41, 5.74) is 1.07. The maximum absolute atomic E-state index is 4.31. The summed E-state index contributed by atoms with van der Waals surface area (Å²) >= 11 is 0. The van der Waals surface area contributed by atoms with Gasteiger partial charge in [-0.15, -0.1) is 0 Å². The first-order valence-corrected chi connectivity index (χ1v) is 5.48. The van der Waals surface area contributed by atoms with E-state index in [9.17, 15) is 0 Å². The van der Waals surface area contributed by atoms with E-state index in [2.05, 4.69) is 22.3 Å². The second kappa shape index (κ2) is 5.42. The Kier molecular flexibility index (Phi) is 3.66. The topological polar surface area (TPSA) is 42.7 Å². The van der Waals surface area contributed by atoms with E-state index in [-0.39, 0.29) is 6.04 Å². The number of aromatic nitrogens is 3. The molecule has 0 aliphatic rings. The molecule has 0 aromatic carbocycles. The summed E-state index contributed by atoms with van der Waals surface area (Å²) in [5, 5.41) is 7.56. The molecule has 0 bridgehead atoms. The number of pyridine rings is 1. The summed E-state index contributed by atoms with van der Waals surface area (Å²) in [6, 6.07) is 8.18. The first-order valence-electron chi connectivity index (χ1n) is 5.48. The molecule has 2 rings (SSSR count). The molecule has 0 saturated heterocycles. The van der Waals surface area contributed by atoms with E-state index < -0.39 is 0 Å². The lowest BCUT2D eigenvalue weighted by Crippen LogP contribution is -2.24. The second-order valence-corrected chi connectivity index (χ2v) is 3.70. The van der Waals surface area contributed by atoms with Gasteiger partial charge in [-0.25, -0.2) is 0 Å². The Morgan fingerprint density at radius 1 is 1.31 bits per heavy atom. The Morgan fingerprint density at radius 3 is 2.94 bits per heavy atom. The van der Waals surface area contributed by atoms with Crippen molar-refractivity contribution < 1.29 is 0 Å². The van der Waals surface area contributed by atoms with Crippen LogP contribution in [0.2, 0.25) is 0 Å². The normalized spacial score (nSPS) is 12.6. The molecule has 0 saturated carbocycles. The average Bonchev–Trinajstić information content (AvgIpc) is 2.83. The highest BCUT2D eigenvalue weighted by Crippen LogP contribution is 2.06. The fourth-order valence-electron chi connectivity index (χ4n) is 1.57. The third kappa shape index (κ3) is 2.90. The Morgan fingerprint density at radius 2 is 2.25 bits per heavy atom. The fourth-order valence-corrected chi connectivity index (χ4v) is 1.57. The van der Waals surface area contributed by atoms with Crippen molar-refractivity contribution in [1.29, 1.82) is 0 Å². The fraction of sp³-hybridized carbons (Fsp3) is 0.333. The predicted octanol–water partition coefficient (Wildman–Crippen LogP) is 1.63. The minimum atomic E-state index is 0.275. The summed E-state index contributed by atoms with van der Waals surface area (Å²) in [5.74, 6) is 0. The van der Waals surface area contributed by atoms with Gasteiger partial charge >= 0.3 is 0 Å². The first kappa shape index (κ1) is 10.8. The lowest BCUT2D eigenvalue weighted by Gasteiger charge is -2.12. The number of rotatable bonds is 5. The predicted molar refractivity (Wildman–Crippen MR) is 62.9 cm³/mol. The Bertz CT molecular complexity index is 396. The van der Waals surface area contributed by atoms with E-state index in [1.165, 1.54) is 0 Å². The van der Waals surface area contributed by atoms with Crippen LogP contribution in [0.3, 0.4) is 0 Å². The molecule has 1 atom stereocenters. The molecule has 0 fully saturated rings. The van der Waals surface area contributed by atoms with Gasteiger partial charge in [0, 0.05) is 31.2 Å². The summed E-state index contributed by atoms with van der Waals surface area (Å²) in [4.78, 5) is 4.31. The summed E-state index contributed by atoms with van der Waals surface area (Å²) in [7, 11) is 0. The van der Waals surface area contributed by atoms with Gasteiger partial charge in [0.25, 0.3) is 0 Å². The second-order valence-electron chi connectivity index (χ2n) is 3.70. The number of nitrogens with one attached hydrogen (secondary N) is 1. The molecule has 0 radical (unpaired) electrons. The molecule has 84 valence electrons.